The number of pyridine rings is 1. The van der Waals surface area contributed by atoms with Gasteiger partial charge in [-0.1, -0.05) is 13.8 Å². The largest absolute Gasteiger partial charge is 0.436 e. The van der Waals surface area contributed by atoms with Crippen LogP contribution >= 0.6 is 0 Å². The summed E-state index contributed by atoms with van der Waals surface area (Å²) >= 11 is 0. The molecule has 0 saturated carbocycles. The molecule has 0 aliphatic carbocycles. The highest BCUT2D eigenvalue weighted by molar-refractivity contribution is 5.28. The van der Waals surface area contributed by atoms with Gasteiger partial charge in [0.2, 0.25) is 5.88 Å². The Labute approximate surface area is 120 Å². The summed E-state index contributed by atoms with van der Waals surface area (Å²) in [5.41, 5.74) is 2.13. The van der Waals surface area contributed by atoms with E-state index in [1.54, 1.807) is 6.20 Å². The average Bonchev–Trinajstić information content (AvgIpc) is 2.83. The molecule has 5 nitrogen and oxygen atoms in total. The van der Waals surface area contributed by atoms with Gasteiger partial charge in [0.05, 0.1) is 12.4 Å². The molecule has 2 aromatic heterocycles. The fourth-order valence-electron chi connectivity index (χ4n) is 2.00. The van der Waals surface area contributed by atoms with Crippen LogP contribution in [0.2, 0.25) is 0 Å². The molecule has 1 N–H and O–H groups in total. The first kappa shape index (κ1) is 14.5. The predicted octanol–water partition coefficient (Wildman–Crippen LogP) is 2.90. The maximum atomic E-state index is 5.78. The summed E-state index contributed by atoms with van der Waals surface area (Å²) in [5, 5.41) is 7.55. The van der Waals surface area contributed by atoms with Gasteiger partial charge in [-0.05, 0) is 31.5 Å². The third-order valence-corrected chi connectivity index (χ3v) is 2.85. The summed E-state index contributed by atoms with van der Waals surface area (Å²) in [6, 6.07) is 4.03. The third kappa shape index (κ3) is 4.06. The Morgan fingerprint density at radius 2 is 2.15 bits per heavy atom. The predicted molar refractivity (Wildman–Crippen MR) is 78.9 cm³/mol. The molecule has 0 radical (unpaired) electrons. The second-order valence-electron chi connectivity index (χ2n) is 4.78. The van der Waals surface area contributed by atoms with Crippen LogP contribution in [-0.2, 0) is 13.1 Å². The summed E-state index contributed by atoms with van der Waals surface area (Å²) in [6.07, 6.45) is 4.68. The van der Waals surface area contributed by atoms with E-state index in [4.69, 9.17) is 4.74 Å². The highest BCUT2D eigenvalue weighted by Gasteiger charge is 2.05. The van der Waals surface area contributed by atoms with E-state index in [-0.39, 0.29) is 0 Å². The van der Waals surface area contributed by atoms with Crippen LogP contribution in [0.5, 0.6) is 11.6 Å². The molecule has 0 aliphatic heterocycles. The molecule has 2 aromatic rings. The molecule has 0 aromatic carbocycles. The maximum Gasteiger partial charge on any atom is 0.219 e. The second kappa shape index (κ2) is 7.05. The zero-order valence-electron chi connectivity index (χ0n) is 12.4. The monoisotopic (exact) mass is 274 g/mol. The Kier molecular flexibility index (Phi) is 5.12. The van der Waals surface area contributed by atoms with Gasteiger partial charge in [0.25, 0.3) is 0 Å². The van der Waals surface area contributed by atoms with Crippen molar-refractivity contribution < 1.29 is 4.74 Å². The fraction of sp³-hybridized carbons (Fsp3) is 0.467. The Balaban J connectivity index is 2.09. The minimum Gasteiger partial charge on any atom is -0.436 e. The van der Waals surface area contributed by atoms with Crippen LogP contribution in [0, 0.1) is 6.92 Å². The maximum absolute atomic E-state index is 5.78. The molecule has 0 aliphatic rings. The van der Waals surface area contributed by atoms with Crippen molar-refractivity contribution in [1.82, 2.24) is 20.1 Å². The Bertz CT molecular complexity index is 551. The van der Waals surface area contributed by atoms with Crippen LogP contribution in [-0.4, -0.2) is 21.3 Å². The van der Waals surface area contributed by atoms with Crippen molar-refractivity contribution in [2.24, 2.45) is 0 Å². The second-order valence-corrected chi connectivity index (χ2v) is 4.78. The van der Waals surface area contributed by atoms with Crippen LogP contribution in [0.15, 0.2) is 24.5 Å². The van der Waals surface area contributed by atoms with Gasteiger partial charge in [-0.25, -0.2) is 4.98 Å². The molecule has 2 rings (SSSR count). The van der Waals surface area contributed by atoms with E-state index in [0.717, 1.165) is 37.5 Å². The molecule has 0 unspecified atom stereocenters. The normalized spacial score (nSPS) is 10.8. The zero-order valence-corrected chi connectivity index (χ0v) is 12.4. The summed E-state index contributed by atoms with van der Waals surface area (Å²) in [6.45, 7) is 8.86. The highest BCUT2D eigenvalue weighted by Crippen LogP contribution is 2.20. The smallest absolute Gasteiger partial charge is 0.219 e. The SMILES string of the molecule is CCCn1cc(Oc2cc(CNCC)cc(C)n2)cn1. The van der Waals surface area contributed by atoms with Gasteiger partial charge < -0.3 is 10.1 Å². The third-order valence-electron chi connectivity index (χ3n) is 2.85. The molecule has 0 spiro atoms. The first-order valence-electron chi connectivity index (χ1n) is 7.10. The van der Waals surface area contributed by atoms with Crippen LogP contribution in [0.4, 0.5) is 0 Å². The standard InChI is InChI=1S/C15H22N4O/c1-4-6-19-11-14(10-17-19)20-15-8-13(9-16-5-2)7-12(3)18-15/h7-8,10-11,16H,4-6,9H2,1-3H3. The molecular formula is C15H22N4O. The van der Waals surface area contributed by atoms with Gasteiger partial charge in [-0.3, -0.25) is 4.68 Å². The Morgan fingerprint density at radius 1 is 1.30 bits per heavy atom. The molecule has 0 bridgehead atoms. The lowest BCUT2D eigenvalue weighted by Crippen LogP contribution is -2.12. The summed E-state index contributed by atoms with van der Waals surface area (Å²) in [5.74, 6) is 1.35. The number of ether oxygens (including phenoxy) is 1. The molecule has 2 heterocycles. The lowest BCUT2D eigenvalue weighted by molar-refractivity contribution is 0.459. The molecule has 0 saturated heterocycles. The fourth-order valence-corrected chi connectivity index (χ4v) is 2.00. The van der Waals surface area contributed by atoms with Crippen molar-refractivity contribution in [3.8, 4) is 11.6 Å². The number of hydrogen-bond donors (Lipinski definition) is 1. The van der Waals surface area contributed by atoms with E-state index in [2.05, 4.69) is 35.3 Å². The van der Waals surface area contributed by atoms with Gasteiger partial charge in [0.1, 0.15) is 0 Å². The lowest BCUT2D eigenvalue weighted by atomic mass is 10.2. The first-order valence-corrected chi connectivity index (χ1v) is 7.10. The van der Waals surface area contributed by atoms with Crippen LogP contribution in [0.25, 0.3) is 0 Å². The number of hydrogen-bond acceptors (Lipinski definition) is 4. The van der Waals surface area contributed by atoms with E-state index in [9.17, 15) is 0 Å². The molecule has 0 atom stereocenters. The summed E-state index contributed by atoms with van der Waals surface area (Å²) < 4.78 is 7.66. The van der Waals surface area contributed by atoms with Crippen molar-refractivity contribution >= 4 is 0 Å². The van der Waals surface area contributed by atoms with E-state index in [1.807, 2.05) is 23.9 Å². The topological polar surface area (TPSA) is 52.0 Å². The van der Waals surface area contributed by atoms with E-state index in [0.29, 0.717) is 5.88 Å². The van der Waals surface area contributed by atoms with Crippen molar-refractivity contribution in [1.29, 1.82) is 0 Å². The minimum absolute atomic E-state index is 0.619. The molecule has 108 valence electrons. The number of nitrogens with zero attached hydrogens (tertiary/aromatic N) is 3. The van der Waals surface area contributed by atoms with E-state index in [1.165, 1.54) is 5.56 Å². The van der Waals surface area contributed by atoms with Gasteiger partial charge in [-0.2, -0.15) is 5.10 Å². The molecule has 0 fully saturated rings. The lowest BCUT2D eigenvalue weighted by Gasteiger charge is -2.07. The Hall–Kier alpha value is -1.88. The van der Waals surface area contributed by atoms with Crippen molar-refractivity contribution in [3.63, 3.8) is 0 Å². The molecule has 5 heteroatoms. The van der Waals surface area contributed by atoms with E-state index >= 15 is 0 Å². The zero-order chi connectivity index (χ0) is 14.4. The van der Waals surface area contributed by atoms with Crippen molar-refractivity contribution in [3.05, 3.63) is 35.8 Å². The summed E-state index contributed by atoms with van der Waals surface area (Å²) in [7, 11) is 0. The van der Waals surface area contributed by atoms with Gasteiger partial charge in [0.15, 0.2) is 5.75 Å². The number of rotatable bonds is 7. The van der Waals surface area contributed by atoms with Crippen LogP contribution in [0.3, 0.4) is 0 Å². The van der Waals surface area contributed by atoms with Gasteiger partial charge in [0, 0.05) is 24.8 Å². The van der Waals surface area contributed by atoms with Crippen LogP contribution < -0.4 is 10.1 Å². The summed E-state index contributed by atoms with van der Waals surface area (Å²) in [4.78, 5) is 4.41. The molecule has 0 amide bonds. The highest BCUT2D eigenvalue weighted by atomic mass is 16.5. The average molecular weight is 274 g/mol. The van der Waals surface area contributed by atoms with Crippen molar-refractivity contribution in [2.45, 2.75) is 40.3 Å². The van der Waals surface area contributed by atoms with E-state index < -0.39 is 0 Å². The van der Waals surface area contributed by atoms with Crippen molar-refractivity contribution in [2.75, 3.05) is 6.54 Å². The van der Waals surface area contributed by atoms with Gasteiger partial charge in [-0.15, -0.1) is 0 Å². The van der Waals surface area contributed by atoms with Gasteiger partial charge >= 0.3 is 0 Å². The minimum atomic E-state index is 0.619. The number of aryl methyl sites for hydroxylation is 2. The Morgan fingerprint density at radius 3 is 2.90 bits per heavy atom. The molecule has 20 heavy (non-hydrogen) atoms. The quantitative estimate of drug-likeness (QED) is 0.843. The van der Waals surface area contributed by atoms with Crippen LogP contribution in [0.1, 0.15) is 31.5 Å². The number of nitrogens with one attached hydrogen (secondary N) is 1. The first-order chi connectivity index (χ1) is 9.71. The molecular weight excluding hydrogens is 252 g/mol. The number of aromatic nitrogens is 3.